The Hall–Kier alpha value is -4.05. The topological polar surface area (TPSA) is 105 Å². The average molecular weight is 596 g/mol. The van der Waals surface area contributed by atoms with Crippen LogP contribution in [-0.2, 0) is 26.2 Å². The molecule has 0 aliphatic carbocycles. The van der Waals surface area contributed by atoms with Crippen LogP contribution in [0.3, 0.4) is 0 Å². The Kier molecular flexibility index (Phi) is 11.0. The van der Waals surface area contributed by atoms with Gasteiger partial charge in [0.2, 0.25) is 11.8 Å². The monoisotopic (exact) mass is 595 g/mol. The lowest BCUT2D eigenvalue weighted by Crippen LogP contribution is -2.52. The van der Waals surface area contributed by atoms with Crippen LogP contribution in [-0.4, -0.2) is 58.0 Å². The number of nitrogens with zero attached hydrogens (tertiary/aromatic N) is 2. The molecule has 0 heterocycles. The third-order valence-corrected chi connectivity index (χ3v) is 9.09. The highest BCUT2D eigenvalue weighted by Gasteiger charge is 2.34. The molecule has 0 radical (unpaired) electrons. The smallest absolute Gasteiger partial charge is 0.264 e. The van der Waals surface area contributed by atoms with Crippen LogP contribution in [0.25, 0.3) is 0 Å². The number of anilines is 1. The number of carbonyl (C=O) groups is 2. The molecule has 0 fully saturated rings. The number of nitrogens with one attached hydrogen (secondary N) is 1. The molecule has 9 nitrogen and oxygen atoms in total. The van der Waals surface area contributed by atoms with Gasteiger partial charge in [-0.05, 0) is 69.5 Å². The van der Waals surface area contributed by atoms with Crippen molar-refractivity contribution in [3.8, 4) is 11.5 Å². The van der Waals surface area contributed by atoms with Gasteiger partial charge in [-0.1, -0.05) is 48.9 Å². The molecule has 0 saturated heterocycles. The summed E-state index contributed by atoms with van der Waals surface area (Å²) in [5.74, 6) is -0.239. The van der Waals surface area contributed by atoms with Gasteiger partial charge in [0, 0.05) is 18.7 Å². The van der Waals surface area contributed by atoms with Crippen LogP contribution in [0.4, 0.5) is 5.69 Å². The first kappa shape index (κ1) is 32.5. The van der Waals surface area contributed by atoms with Gasteiger partial charge in [0.1, 0.15) is 24.1 Å². The van der Waals surface area contributed by atoms with Gasteiger partial charge < -0.3 is 19.7 Å². The van der Waals surface area contributed by atoms with Crippen molar-refractivity contribution in [1.82, 2.24) is 10.2 Å². The molecule has 0 aliphatic rings. The number of rotatable bonds is 13. The minimum atomic E-state index is -4.26. The highest BCUT2D eigenvalue weighted by Crippen LogP contribution is 2.36. The van der Waals surface area contributed by atoms with Crippen molar-refractivity contribution in [2.75, 3.05) is 25.1 Å². The van der Waals surface area contributed by atoms with Crippen molar-refractivity contribution in [2.45, 2.75) is 64.6 Å². The van der Waals surface area contributed by atoms with E-state index >= 15 is 0 Å². The van der Waals surface area contributed by atoms with E-state index in [0.29, 0.717) is 5.75 Å². The minimum Gasteiger partial charge on any atom is -0.497 e. The maximum atomic E-state index is 14.2. The van der Waals surface area contributed by atoms with Gasteiger partial charge in [0.05, 0.1) is 24.8 Å². The largest absolute Gasteiger partial charge is 0.497 e. The summed E-state index contributed by atoms with van der Waals surface area (Å²) in [6.07, 6.45) is 0.725. The average Bonchev–Trinajstić information content (AvgIpc) is 2.98. The zero-order chi connectivity index (χ0) is 31.0. The summed E-state index contributed by atoms with van der Waals surface area (Å²) in [6.45, 7) is 8.83. The highest BCUT2D eigenvalue weighted by atomic mass is 32.2. The van der Waals surface area contributed by atoms with E-state index in [9.17, 15) is 18.0 Å². The Morgan fingerprint density at radius 3 is 2.19 bits per heavy atom. The molecule has 0 aromatic heterocycles. The summed E-state index contributed by atoms with van der Waals surface area (Å²) >= 11 is 0. The number of hydrogen-bond donors (Lipinski definition) is 1. The van der Waals surface area contributed by atoms with Crippen LogP contribution in [0.1, 0.15) is 43.9 Å². The number of aryl methyl sites for hydroxylation is 2. The summed E-state index contributed by atoms with van der Waals surface area (Å²) in [6, 6.07) is 17.8. The van der Waals surface area contributed by atoms with Gasteiger partial charge in [-0.2, -0.15) is 0 Å². The molecule has 10 heteroatoms. The molecular formula is C32H41N3O6S. The van der Waals surface area contributed by atoms with Crippen molar-refractivity contribution in [1.29, 1.82) is 0 Å². The normalized spacial score (nSPS) is 12.6. The Morgan fingerprint density at radius 1 is 0.929 bits per heavy atom. The molecular weight excluding hydrogens is 554 g/mol. The van der Waals surface area contributed by atoms with E-state index in [0.717, 1.165) is 27.4 Å². The molecule has 1 N–H and O–H groups in total. The second-order valence-corrected chi connectivity index (χ2v) is 12.2. The fourth-order valence-corrected chi connectivity index (χ4v) is 5.78. The lowest BCUT2D eigenvalue weighted by atomic mass is 10.1. The van der Waals surface area contributed by atoms with Crippen LogP contribution in [0, 0.1) is 13.8 Å². The van der Waals surface area contributed by atoms with E-state index in [1.807, 2.05) is 52.0 Å². The van der Waals surface area contributed by atoms with Crippen molar-refractivity contribution in [3.05, 3.63) is 83.4 Å². The van der Waals surface area contributed by atoms with Crippen molar-refractivity contribution in [2.24, 2.45) is 0 Å². The third kappa shape index (κ3) is 7.61. The van der Waals surface area contributed by atoms with Gasteiger partial charge in [-0.15, -0.1) is 0 Å². The fourth-order valence-electron chi connectivity index (χ4n) is 4.36. The van der Waals surface area contributed by atoms with E-state index < -0.39 is 28.5 Å². The lowest BCUT2D eigenvalue weighted by Gasteiger charge is -2.33. The van der Waals surface area contributed by atoms with Crippen molar-refractivity contribution < 1.29 is 27.5 Å². The van der Waals surface area contributed by atoms with Crippen molar-refractivity contribution >= 4 is 27.5 Å². The molecule has 0 aliphatic heterocycles. The standard InChI is InChI=1S/C32H41N3O6S/c1-8-24(4)33-32(37)25(5)34(20-26-12-10-9-11-23(26)3)31(36)21-35(29-19-27(40-6)15-18-30(29)41-7)42(38,39)28-16-13-22(2)14-17-28/h9-19,24-25H,8,20-21H2,1-7H3,(H,33,37)/t24-,25+/m0/s1. The Bertz CT molecular complexity index is 1490. The van der Waals surface area contributed by atoms with Gasteiger partial charge in [0.25, 0.3) is 10.0 Å². The third-order valence-electron chi connectivity index (χ3n) is 7.31. The molecule has 0 unspecified atom stereocenters. The van der Waals surface area contributed by atoms with Gasteiger partial charge >= 0.3 is 0 Å². The summed E-state index contributed by atoms with van der Waals surface area (Å²) in [5, 5.41) is 2.94. The number of ether oxygens (including phenoxy) is 2. The van der Waals surface area contributed by atoms with Crippen LogP contribution in [0.15, 0.2) is 71.6 Å². The molecule has 3 rings (SSSR count). The number of carbonyl (C=O) groups excluding carboxylic acids is 2. The minimum absolute atomic E-state index is 0.0128. The van der Waals surface area contributed by atoms with E-state index in [1.165, 1.54) is 37.3 Å². The molecule has 0 saturated carbocycles. The maximum absolute atomic E-state index is 14.2. The number of methoxy groups -OCH3 is 2. The van der Waals surface area contributed by atoms with E-state index in [4.69, 9.17) is 9.47 Å². The molecule has 3 aromatic rings. The number of benzene rings is 3. The quantitative estimate of drug-likeness (QED) is 0.303. The molecule has 42 heavy (non-hydrogen) atoms. The Balaban J connectivity index is 2.13. The van der Waals surface area contributed by atoms with Crippen molar-refractivity contribution in [3.63, 3.8) is 0 Å². The maximum Gasteiger partial charge on any atom is 0.264 e. The summed E-state index contributed by atoms with van der Waals surface area (Å²) in [4.78, 5) is 28.9. The first-order valence-corrected chi connectivity index (χ1v) is 15.3. The van der Waals surface area contributed by atoms with Gasteiger partial charge in [-0.25, -0.2) is 8.42 Å². The summed E-state index contributed by atoms with van der Waals surface area (Å²) in [5.41, 5.74) is 2.82. The number of amides is 2. The SMILES string of the molecule is CC[C@H](C)NC(=O)[C@@H](C)N(Cc1ccccc1C)C(=O)CN(c1cc(OC)ccc1OC)S(=O)(=O)c1ccc(C)cc1. The molecule has 3 aromatic carbocycles. The number of hydrogen-bond acceptors (Lipinski definition) is 6. The van der Waals surface area contributed by atoms with Gasteiger partial charge in [-0.3, -0.25) is 13.9 Å². The van der Waals surface area contributed by atoms with Crippen LogP contribution < -0.4 is 19.1 Å². The molecule has 226 valence electrons. The zero-order valence-corrected chi connectivity index (χ0v) is 26.2. The predicted molar refractivity (Wildman–Crippen MR) is 164 cm³/mol. The van der Waals surface area contributed by atoms with Gasteiger partial charge in [0.15, 0.2) is 0 Å². The summed E-state index contributed by atoms with van der Waals surface area (Å²) < 4.78 is 40.2. The van der Waals surface area contributed by atoms with Crippen LogP contribution in [0.5, 0.6) is 11.5 Å². The first-order valence-electron chi connectivity index (χ1n) is 13.9. The molecule has 0 spiro atoms. The zero-order valence-electron chi connectivity index (χ0n) is 25.4. The van der Waals surface area contributed by atoms with E-state index in [2.05, 4.69) is 5.32 Å². The van der Waals surface area contributed by atoms with E-state index in [-0.39, 0.29) is 34.8 Å². The summed E-state index contributed by atoms with van der Waals surface area (Å²) in [7, 11) is -1.36. The van der Waals surface area contributed by atoms with Crippen LogP contribution >= 0.6 is 0 Å². The second kappa shape index (κ2) is 14.2. The van der Waals surface area contributed by atoms with Crippen LogP contribution in [0.2, 0.25) is 0 Å². The molecule has 2 atom stereocenters. The fraction of sp³-hybridized carbons (Fsp3) is 0.375. The molecule has 0 bridgehead atoms. The number of sulfonamides is 1. The lowest BCUT2D eigenvalue weighted by molar-refractivity contribution is -0.139. The second-order valence-electron chi connectivity index (χ2n) is 10.3. The predicted octanol–water partition coefficient (Wildman–Crippen LogP) is 4.85. The Labute approximate surface area is 249 Å². The Morgan fingerprint density at radius 2 is 1.60 bits per heavy atom. The highest BCUT2D eigenvalue weighted by molar-refractivity contribution is 7.92. The molecule has 2 amide bonds. The van der Waals surface area contributed by atoms with E-state index in [1.54, 1.807) is 31.2 Å². The first-order chi connectivity index (χ1) is 19.9.